The van der Waals surface area contributed by atoms with Crippen molar-refractivity contribution in [1.29, 1.82) is 5.41 Å². The van der Waals surface area contributed by atoms with E-state index in [1.807, 2.05) is 13.8 Å². The van der Waals surface area contributed by atoms with Gasteiger partial charge >= 0.3 is 6.03 Å². The Morgan fingerprint density at radius 3 is 2.70 bits per heavy atom. The number of rotatable bonds is 6. The average molecular weight is 492 g/mol. The molecule has 2 fully saturated rings. The fourth-order valence-electron chi connectivity index (χ4n) is 3.87. The summed E-state index contributed by atoms with van der Waals surface area (Å²) >= 11 is 7.38. The molecular weight excluding hydrogens is 470 g/mol. The monoisotopic (exact) mass is 491 g/mol. The highest BCUT2D eigenvalue weighted by Gasteiger charge is 2.63. The summed E-state index contributed by atoms with van der Waals surface area (Å²) in [7, 11) is 0. The Bertz CT molecular complexity index is 1080. The number of amidine groups is 1. The van der Waals surface area contributed by atoms with Crippen molar-refractivity contribution in [2.24, 2.45) is 0 Å². The van der Waals surface area contributed by atoms with Crippen LogP contribution in [-0.2, 0) is 16.0 Å². The molecule has 174 valence electrons. The number of nitrogens with one attached hydrogen (secondary N) is 5. The van der Waals surface area contributed by atoms with Crippen LogP contribution in [-0.4, -0.2) is 71.9 Å². The Morgan fingerprint density at radius 1 is 1.30 bits per heavy atom. The second kappa shape index (κ2) is 8.98. The van der Waals surface area contributed by atoms with E-state index in [4.69, 9.17) is 17.0 Å². The van der Waals surface area contributed by atoms with Crippen LogP contribution in [0.25, 0.3) is 0 Å². The number of tetrazole rings is 1. The van der Waals surface area contributed by atoms with Gasteiger partial charge in [-0.15, -0.1) is 22.0 Å². The third-order valence-corrected chi connectivity index (χ3v) is 7.16. The molecule has 0 spiro atoms. The van der Waals surface area contributed by atoms with Gasteiger partial charge in [0.2, 0.25) is 11.8 Å². The number of halogens is 1. The van der Waals surface area contributed by atoms with Gasteiger partial charge in [-0.05, 0) is 31.5 Å². The summed E-state index contributed by atoms with van der Waals surface area (Å²) in [6, 6.07) is 5.17. The smallest absolute Gasteiger partial charge is 0.320 e. The highest BCUT2D eigenvalue weighted by atomic mass is 35.5. The van der Waals surface area contributed by atoms with Crippen LogP contribution in [0.4, 0.5) is 4.79 Å². The molecule has 3 heterocycles. The first-order valence-electron chi connectivity index (χ1n) is 10.0. The maximum absolute atomic E-state index is 12.7. The number of thioether (sulfide) groups is 1. The molecule has 2 saturated heterocycles. The molecule has 4 rings (SSSR count). The number of carbonyl (C=O) groups is 3. The SMILES string of the molecule is CC1(C)S[C@H]2C(NC(=O)CNC(=O)NC(=N)Cc3ccc(Cl)cc3)C(=O)N2C1c1nn[nH]n1. The lowest BCUT2D eigenvalue weighted by atomic mass is 9.95. The summed E-state index contributed by atoms with van der Waals surface area (Å²) in [5.74, 6) is -0.353. The predicted molar refractivity (Wildman–Crippen MR) is 121 cm³/mol. The quantitative estimate of drug-likeness (QED) is 0.224. The average Bonchev–Trinajstić information content (AvgIpc) is 3.36. The van der Waals surface area contributed by atoms with Gasteiger partial charge in [0, 0.05) is 16.2 Å². The number of amides is 4. The number of H-pyrrole nitrogens is 1. The summed E-state index contributed by atoms with van der Waals surface area (Å²) in [5.41, 5.74) is 0.812. The van der Waals surface area contributed by atoms with Gasteiger partial charge in [0.05, 0.1) is 6.54 Å². The van der Waals surface area contributed by atoms with Crippen LogP contribution in [0.2, 0.25) is 5.02 Å². The number of urea groups is 1. The molecule has 33 heavy (non-hydrogen) atoms. The van der Waals surface area contributed by atoms with Crippen molar-refractivity contribution in [2.45, 2.75) is 42.5 Å². The number of carbonyl (C=O) groups excluding carboxylic acids is 3. The van der Waals surface area contributed by atoms with Crippen LogP contribution in [0.3, 0.4) is 0 Å². The first-order valence-corrected chi connectivity index (χ1v) is 11.3. The number of hydrogen-bond acceptors (Lipinski definition) is 8. The summed E-state index contributed by atoms with van der Waals surface area (Å²) in [4.78, 5) is 38.7. The lowest BCUT2D eigenvalue weighted by Gasteiger charge is -2.44. The highest BCUT2D eigenvalue weighted by molar-refractivity contribution is 8.01. The Morgan fingerprint density at radius 2 is 2.03 bits per heavy atom. The van der Waals surface area contributed by atoms with Crippen LogP contribution in [0, 0.1) is 5.41 Å². The van der Waals surface area contributed by atoms with E-state index < -0.39 is 18.0 Å². The summed E-state index contributed by atoms with van der Waals surface area (Å²) in [5, 5.41) is 29.7. The van der Waals surface area contributed by atoms with Crippen LogP contribution in [0.15, 0.2) is 24.3 Å². The zero-order chi connectivity index (χ0) is 23.8. The molecule has 12 nitrogen and oxygen atoms in total. The molecular formula is C19H22ClN9O3S. The lowest BCUT2D eigenvalue weighted by Crippen LogP contribution is -2.68. The van der Waals surface area contributed by atoms with Gasteiger partial charge in [-0.25, -0.2) is 4.79 Å². The molecule has 2 aliphatic heterocycles. The number of aromatic nitrogens is 4. The van der Waals surface area contributed by atoms with Crippen LogP contribution < -0.4 is 16.0 Å². The van der Waals surface area contributed by atoms with Crippen LogP contribution in [0.5, 0.6) is 0 Å². The molecule has 0 saturated carbocycles. The van der Waals surface area contributed by atoms with Gasteiger partial charge in [0.1, 0.15) is 23.3 Å². The van der Waals surface area contributed by atoms with Gasteiger partial charge in [0.15, 0.2) is 5.82 Å². The number of nitrogens with zero attached hydrogens (tertiary/aromatic N) is 4. The Labute approximate surface area is 198 Å². The van der Waals surface area contributed by atoms with Crippen molar-refractivity contribution in [3.63, 3.8) is 0 Å². The molecule has 1 aromatic carbocycles. The summed E-state index contributed by atoms with van der Waals surface area (Å²) in [6.07, 6.45) is 0.208. The van der Waals surface area contributed by atoms with Crippen molar-refractivity contribution >= 4 is 47.0 Å². The Kier molecular flexibility index (Phi) is 6.26. The van der Waals surface area contributed by atoms with Crippen molar-refractivity contribution in [3.05, 3.63) is 40.7 Å². The van der Waals surface area contributed by atoms with Gasteiger partial charge in [0.25, 0.3) is 0 Å². The van der Waals surface area contributed by atoms with Crippen molar-refractivity contribution in [2.75, 3.05) is 6.54 Å². The van der Waals surface area contributed by atoms with E-state index in [0.29, 0.717) is 10.8 Å². The van der Waals surface area contributed by atoms with Gasteiger partial charge in [-0.3, -0.25) is 20.3 Å². The van der Waals surface area contributed by atoms with Crippen molar-refractivity contribution in [1.82, 2.24) is 41.5 Å². The normalized spacial score (nSPS) is 22.8. The molecule has 3 atom stereocenters. The molecule has 5 N–H and O–H groups in total. The van der Waals surface area contributed by atoms with E-state index in [2.05, 4.69) is 36.6 Å². The largest absolute Gasteiger partial charge is 0.340 e. The first-order chi connectivity index (χ1) is 15.7. The number of fused-ring (bicyclic) bond motifs is 1. The van der Waals surface area contributed by atoms with E-state index in [1.54, 1.807) is 40.9 Å². The first kappa shape index (κ1) is 23.0. The molecule has 4 amide bonds. The molecule has 0 bridgehead atoms. The minimum absolute atomic E-state index is 0.0304. The van der Waals surface area contributed by atoms with E-state index in [-0.39, 0.29) is 40.9 Å². The zero-order valence-corrected chi connectivity index (χ0v) is 19.3. The molecule has 1 aromatic heterocycles. The van der Waals surface area contributed by atoms with Gasteiger partial charge in [-0.1, -0.05) is 28.9 Å². The van der Waals surface area contributed by atoms with E-state index in [9.17, 15) is 14.4 Å². The Hall–Kier alpha value is -3.19. The number of aromatic amines is 1. The predicted octanol–water partition coefficient (Wildman–Crippen LogP) is 0.592. The zero-order valence-electron chi connectivity index (χ0n) is 17.8. The summed E-state index contributed by atoms with van der Waals surface area (Å²) < 4.78 is -0.369. The Balaban J connectivity index is 1.24. The van der Waals surface area contributed by atoms with Gasteiger partial charge in [-0.2, -0.15) is 5.21 Å². The highest BCUT2D eigenvalue weighted by Crippen LogP contribution is 2.56. The van der Waals surface area contributed by atoms with Crippen LogP contribution >= 0.6 is 23.4 Å². The van der Waals surface area contributed by atoms with Crippen molar-refractivity contribution in [3.8, 4) is 0 Å². The second-order valence-electron chi connectivity index (χ2n) is 8.16. The van der Waals surface area contributed by atoms with E-state index in [0.717, 1.165) is 5.56 Å². The van der Waals surface area contributed by atoms with Crippen LogP contribution in [0.1, 0.15) is 31.3 Å². The third-order valence-electron chi connectivity index (χ3n) is 5.33. The number of β-lactam (4-membered cyclic amide) rings is 1. The summed E-state index contributed by atoms with van der Waals surface area (Å²) in [6.45, 7) is 3.63. The molecule has 2 aromatic rings. The van der Waals surface area contributed by atoms with Crippen molar-refractivity contribution < 1.29 is 14.4 Å². The molecule has 2 unspecified atom stereocenters. The topological polar surface area (TPSA) is 169 Å². The maximum Gasteiger partial charge on any atom is 0.320 e. The fourth-order valence-corrected chi connectivity index (χ4v) is 5.62. The third kappa shape index (κ3) is 4.78. The van der Waals surface area contributed by atoms with E-state index in [1.165, 1.54) is 0 Å². The standard InChI is InChI=1S/C19H22ClN9O3S/c1-19(2)14(15-25-27-28-26-15)29-16(31)13(17(29)33-19)24-12(30)8-22-18(32)23-11(21)7-9-3-5-10(20)6-4-9/h3-6,13-14,17H,7-8H2,1-2H3,(H,24,30)(H3,21,22,23,32)(H,25,26,27,28)/t13?,14?,17-/m0/s1. The minimum atomic E-state index is -0.702. The molecule has 0 aliphatic carbocycles. The molecule has 2 aliphatic rings. The molecule has 0 radical (unpaired) electrons. The number of benzene rings is 1. The second-order valence-corrected chi connectivity index (χ2v) is 10.4. The lowest BCUT2D eigenvalue weighted by molar-refractivity contribution is -0.151. The maximum atomic E-state index is 12.7. The molecule has 14 heteroatoms. The number of hydrogen-bond donors (Lipinski definition) is 5. The van der Waals surface area contributed by atoms with E-state index >= 15 is 0 Å². The minimum Gasteiger partial charge on any atom is -0.340 e. The van der Waals surface area contributed by atoms with Gasteiger partial charge < -0.3 is 15.5 Å². The fraction of sp³-hybridized carbons (Fsp3) is 0.421.